The first kappa shape index (κ1) is 13.8. The molecule has 2 aromatic rings. The third-order valence-electron chi connectivity index (χ3n) is 3.91. The van der Waals surface area contributed by atoms with Gasteiger partial charge >= 0.3 is 6.18 Å². The quantitative estimate of drug-likeness (QED) is 0.801. The van der Waals surface area contributed by atoms with Gasteiger partial charge in [-0.2, -0.15) is 13.2 Å². The third-order valence-corrected chi connectivity index (χ3v) is 3.91. The van der Waals surface area contributed by atoms with E-state index in [-0.39, 0.29) is 5.56 Å². The number of aryl methyl sites for hydroxylation is 1. The number of hydrogen-bond donors (Lipinski definition) is 1. The minimum Gasteiger partial charge on any atom is -0.398 e. The Kier molecular flexibility index (Phi) is 3.08. The number of alkyl halides is 3. The van der Waals surface area contributed by atoms with Crippen LogP contribution in [0.2, 0.25) is 0 Å². The third kappa shape index (κ3) is 2.44. The number of benzene rings is 2. The Bertz CT molecular complexity index is 692. The molecule has 0 bridgehead atoms. The zero-order valence-electron chi connectivity index (χ0n) is 11.5. The van der Waals surface area contributed by atoms with Gasteiger partial charge in [-0.1, -0.05) is 18.2 Å². The summed E-state index contributed by atoms with van der Waals surface area (Å²) in [5.41, 5.74) is 8.93. The second-order valence-corrected chi connectivity index (χ2v) is 5.34. The summed E-state index contributed by atoms with van der Waals surface area (Å²) in [6, 6.07) is 10.1. The predicted molar refractivity (Wildman–Crippen MR) is 76.9 cm³/mol. The number of nitrogens with two attached hydrogens (primary N) is 1. The van der Waals surface area contributed by atoms with Gasteiger partial charge in [0.05, 0.1) is 5.56 Å². The molecule has 1 aliphatic rings. The van der Waals surface area contributed by atoms with E-state index in [1.165, 1.54) is 19.1 Å². The molecule has 0 saturated heterocycles. The maximum atomic E-state index is 13.0. The zero-order chi connectivity index (χ0) is 15.2. The molecule has 110 valence electrons. The molecule has 2 nitrogen and oxygen atoms in total. The summed E-state index contributed by atoms with van der Waals surface area (Å²) in [4.78, 5) is 1.91. The number of hydrogen-bond acceptors (Lipinski definition) is 2. The van der Waals surface area contributed by atoms with Gasteiger partial charge in [0.1, 0.15) is 0 Å². The largest absolute Gasteiger partial charge is 0.416 e. The fraction of sp³-hybridized carbons (Fsp3) is 0.250. The lowest BCUT2D eigenvalue weighted by Crippen LogP contribution is -2.16. The van der Waals surface area contributed by atoms with Gasteiger partial charge in [-0.3, -0.25) is 0 Å². The molecule has 1 heterocycles. The highest BCUT2D eigenvalue weighted by Gasteiger charge is 2.33. The lowest BCUT2D eigenvalue weighted by atomic mass is 10.1. The van der Waals surface area contributed by atoms with Crippen molar-refractivity contribution in [2.75, 3.05) is 10.6 Å². The van der Waals surface area contributed by atoms with Crippen LogP contribution in [0.1, 0.15) is 22.3 Å². The molecule has 1 aliphatic heterocycles. The predicted octanol–water partition coefficient (Wildman–Crippen LogP) is 4.12. The second-order valence-electron chi connectivity index (χ2n) is 5.34. The first-order valence-electron chi connectivity index (χ1n) is 6.65. The van der Waals surface area contributed by atoms with Gasteiger partial charge in [-0.25, -0.2) is 0 Å². The highest BCUT2D eigenvalue weighted by atomic mass is 19.4. The van der Waals surface area contributed by atoms with Crippen molar-refractivity contribution in [2.24, 2.45) is 0 Å². The zero-order valence-corrected chi connectivity index (χ0v) is 11.5. The van der Waals surface area contributed by atoms with Gasteiger partial charge in [0.25, 0.3) is 0 Å². The fourth-order valence-electron chi connectivity index (χ4n) is 2.74. The summed E-state index contributed by atoms with van der Waals surface area (Å²) in [5, 5.41) is 0. The Hall–Kier alpha value is -2.17. The van der Waals surface area contributed by atoms with Crippen molar-refractivity contribution in [2.45, 2.75) is 26.2 Å². The summed E-state index contributed by atoms with van der Waals surface area (Å²) in [5.74, 6) is 0. The van der Waals surface area contributed by atoms with Crippen LogP contribution in [0.4, 0.5) is 24.5 Å². The van der Waals surface area contributed by atoms with Crippen LogP contribution in [-0.4, -0.2) is 0 Å². The molecule has 0 saturated carbocycles. The fourth-order valence-corrected chi connectivity index (χ4v) is 2.74. The summed E-state index contributed by atoms with van der Waals surface area (Å²) in [6.45, 7) is 2.60. The molecule has 0 unspecified atom stereocenters. The summed E-state index contributed by atoms with van der Waals surface area (Å²) >= 11 is 0. The van der Waals surface area contributed by atoms with E-state index >= 15 is 0 Å². The number of anilines is 2. The van der Waals surface area contributed by atoms with Gasteiger partial charge in [0.15, 0.2) is 0 Å². The van der Waals surface area contributed by atoms with Crippen molar-refractivity contribution < 1.29 is 13.2 Å². The van der Waals surface area contributed by atoms with Crippen molar-refractivity contribution in [1.29, 1.82) is 0 Å². The molecule has 0 aromatic heterocycles. The summed E-state index contributed by atoms with van der Waals surface area (Å²) in [7, 11) is 0. The Balaban J connectivity index is 1.96. The highest BCUT2D eigenvalue weighted by molar-refractivity contribution is 5.60. The van der Waals surface area contributed by atoms with Gasteiger partial charge in [0, 0.05) is 24.5 Å². The summed E-state index contributed by atoms with van der Waals surface area (Å²) < 4.78 is 39.0. The minimum atomic E-state index is -4.33. The van der Waals surface area contributed by atoms with E-state index in [0.29, 0.717) is 24.5 Å². The average Bonchev–Trinajstić information content (AvgIpc) is 2.83. The summed E-state index contributed by atoms with van der Waals surface area (Å²) in [6.07, 6.45) is -4.33. The first-order chi connectivity index (χ1) is 9.86. The van der Waals surface area contributed by atoms with Crippen LogP contribution in [-0.2, 0) is 19.3 Å². The molecule has 21 heavy (non-hydrogen) atoms. The molecule has 0 atom stereocenters. The molecule has 2 N–H and O–H groups in total. The van der Waals surface area contributed by atoms with E-state index in [1.807, 2.05) is 23.1 Å². The maximum Gasteiger partial charge on any atom is 0.416 e. The van der Waals surface area contributed by atoms with E-state index in [0.717, 1.165) is 11.1 Å². The smallest absolute Gasteiger partial charge is 0.398 e. The number of nitrogens with zero attached hydrogens (tertiary/aromatic N) is 1. The van der Waals surface area contributed by atoms with Crippen molar-refractivity contribution >= 4 is 11.4 Å². The Morgan fingerprint density at radius 3 is 2.52 bits per heavy atom. The van der Waals surface area contributed by atoms with Crippen LogP contribution in [0.25, 0.3) is 0 Å². The van der Waals surface area contributed by atoms with Crippen LogP contribution in [0, 0.1) is 6.92 Å². The van der Waals surface area contributed by atoms with E-state index < -0.39 is 11.7 Å². The van der Waals surface area contributed by atoms with Crippen LogP contribution >= 0.6 is 0 Å². The van der Waals surface area contributed by atoms with Crippen molar-refractivity contribution in [1.82, 2.24) is 0 Å². The van der Waals surface area contributed by atoms with E-state index in [2.05, 4.69) is 0 Å². The van der Waals surface area contributed by atoms with E-state index in [1.54, 1.807) is 6.07 Å². The molecule has 0 fully saturated rings. The second kappa shape index (κ2) is 4.69. The van der Waals surface area contributed by atoms with Gasteiger partial charge in [-0.15, -0.1) is 0 Å². The number of rotatable bonds is 1. The lowest BCUT2D eigenvalue weighted by molar-refractivity contribution is -0.138. The SMILES string of the molecule is Cc1ccc(N2Cc3cccc(N)c3C2)cc1C(F)(F)F. The van der Waals surface area contributed by atoms with Crippen LogP contribution in [0.5, 0.6) is 0 Å². The number of fused-ring (bicyclic) bond motifs is 1. The van der Waals surface area contributed by atoms with Crippen molar-refractivity contribution in [3.05, 3.63) is 58.7 Å². The topological polar surface area (TPSA) is 29.3 Å². The maximum absolute atomic E-state index is 13.0. The van der Waals surface area contributed by atoms with Crippen LogP contribution in [0.3, 0.4) is 0 Å². The normalized spacial score (nSPS) is 14.4. The molecule has 0 spiro atoms. The monoisotopic (exact) mass is 292 g/mol. The van der Waals surface area contributed by atoms with Crippen molar-refractivity contribution in [3.63, 3.8) is 0 Å². The Morgan fingerprint density at radius 1 is 1.10 bits per heavy atom. The van der Waals surface area contributed by atoms with Gasteiger partial charge < -0.3 is 10.6 Å². The molecule has 0 aliphatic carbocycles. The van der Waals surface area contributed by atoms with Gasteiger partial charge in [-0.05, 0) is 41.8 Å². The minimum absolute atomic E-state index is 0.238. The molecule has 0 amide bonds. The van der Waals surface area contributed by atoms with Gasteiger partial charge in [0.2, 0.25) is 0 Å². The average molecular weight is 292 g/mol. The number of halogens is 3. The first-order valence-corrected chi connectivity index (χ1v) is 6.65. The standard InChI is InChI=1S/C16H15F3N2/c1-10-5-6-12(7-14(10)16(17,18)19)21-8-11-3-2-4-15(20)13(11)9-21/h2-7H,8-9,20H2,1H3. The molecular weight excluding hydrogens is 277 g/mol. The van der Waals surface area contributed by atoms with Crippen LogP contribution in [0.15, 0.2) is 36.4 Å². The lowest BCUT2D eigenvalue weighted by Gasteiger charge is -2.20. The Morgan fingerprint density at radius 2 is 1.86 bits per heavy atom. The van der Waals surface area contributed by atoms with Crippen molar-refractivity contribution in [3.8, 4) is 0 Å². The van der Waals surface area contributed by atoms with Crippen LogP contribution < -0.4 is 10.6 Å². The Labute approximate surface area is 121 Å². The number of nitrogen functional groups attached to an aromatic ring is 1. The molecule has 5 heteroatoms. The van der Waals surface area contributed by atoms with E-state index in [4.69, 9.17) is 5.73 Å². The highest BCUT2D eigenvalue weighted by Crippen LogP contribution is 2.37. The molecule has 3 rings (SSSR count). The van der Waals surface area contributed by atoms with E-state index in [9.17, 15) is 13.2 Å². The molecule has 0 radical (unpaired) electrons. The molecule has 2 aromatic carbocycles. The molecular formula is C16H15F3N2.